The highest BCUT2D eigenvalue weighted by atomic mass is 32.2. The van der Waals surface area contributed by atoms with E-state index in [-0.39, 0.29) is 0 Å². The van der Waals surface area contributed by atoms with Crippen molar-refractivity contribution < 1.29 is 4.42 Å². The number of para-hydroxylation sites is 1. The second kappa shape index (κ2) is 12.5. The maximum atomic E-state index is 6.33. The quantitative estimate of drug-likeness (QED) is 0.180. The van der Waals surface area contributed by atoms with E-state index in [4.69, 9.17) is 14.4 Å². The van der Waals surface area contributed by atoms with Crippen molar-refractivity contribution >= 4 is 33.7 Å². The summed E-state index contributed by atoms with van der Waals surface area (Å²) in [4.78, 5) is 13.0. The van der Waals surface area contributed by atoms with Gasteiger partial charge >= 0.3 is 0 Å². The molecule has 2 aliphatic rings. The second-order valence-corrected chi connectivity index (χ2v) is 15.9. The van der Waals surface area contributed by atoms with E-state index in [0.29, 0.717) is 5.82 Å². The van der Waals surface area contributed by atoms with Crippen LogP contribution in [0.15, 0.2) is 208 Å². The van der Waals surface area contributed by atoms with Crippen LogP contribution in [0.2, 0.25) is 0 Å². The predicted molar refractivity (Wildman–Crippen MR) is 232 cm³/mol. The first kappa shape index (κ1) is 32.3. The van der Waals surface area contributed by atoms with E-state index >= 15 is 0 Å². The minimum atomic E-state index is -0.451. The van der Waals surface area contributed by atoms with Crippen LogP contribution in [0, 0.1) is 0 Å². The highest BCUT2D eigenvalue weighted by molar-refractivity contribution is 7.99. The summed E-state index contributed by atoms with van der Waals surface area (Å²) in [5.74, 6) is 0.680. The van der Waals surface area contributed by atoms with Crippen molar-refractivity contribution in [2.75, 3.05) is 0 Å². The fourth-order valence-corrected chi connectivity index (χ4v) is 10.5. The Morgan fingerprint density at radius 2 is 0.965 bits per heavy atom. The molecule has 57 heavy (non-hydrogen) atoms. The molecule has 0 bridgehead atoms. The van der Waals surface area contributed by atoms with E-state index in [9.17, 15) is 0 Å². The number of benzene rings is 8. The Labute approximate surface area is 334 Å². The Morgan fingerprint density at radius 3 is 1.77 bits per heavy atom. The average molecular weight is 745 g/mol. The van der Waals surface area contributed by atoms with Crippen LogP contribution in [0.3, 0.4) is 0 Å². The number of hydrogen-bond acceptors (Lipinski definition) is 4. The van der Waals surface area contributed by atoms with E-state index in [1.54, 1.807) is 0 Å². The molecule has 3 heterocycles. The Balaban J connectivity index is 1.07. The van der Waals surface area contributed by atoms with Crippen LogP contribution in [-0.4, -0.2) is 9.97 Å². The molecule has 0 saturated heterocycles. The zero-order valence-electron chi connectivity index (χ0n) is 30.7. The van der Waals surface area contributed by atoms with Crippen molar-refractivity contribution in [3.8, 4) is 56.2 Å². The molecule has 1 spiro atoms. The lowest BCUT2D eigenvalue weighted by Gasteiger charge is -2.40. The predicted octanol–water partition coefficient (Wildman–Crippen LogP) is 13.9. The van der Waals surface area contributed by atoms with Gasteiger partial charge < -0.3 is 4.42 Å². The first-order chi connectivity index (χ1) is 28.2. The highest BCUT2D eigenvalue weighted by Gasteiger charge is 2.50. The van der Waals surface area contributed by atoms with Crippen molar-refractivity contribution in [3.63, 3.8) is 0 Å². The molecule has 0 atom stereocenters. The van der Waals surface area contributed by atoms with Crippen molar-refractivity contribution in [1.82, 2.24) is 9.97 Å². The molecule has 0 amide bonds. The average Bonchev–Trinajstić information content (AvgIpc) is 3.80. The molecular weight excluding hydrogens is 713 g/mol. The molecule has 0 saturated carbocycles. The van der Waals surface area contributed by atoms with E-state index < -0.39 is 5.41 Å². The zero-order chi connectivity index (χ0) is 37.5. The minimum Gasteiger partial charge on any atom is -0.456 e. The van der Waals surface area contributed by atoms with Gasteiger partial charge in [-0.1, -0.05) is 163 Å². The molecule has 8 aromatic carbocycles. The maximum Gasteiger partial charge on any atom is 0.160 e. The number of fused-ring (bicyclic) bond motifs is 12. The maximum absolute atomic E-state index is 6.33. The van der Waals surface area contributed by atoms with Gasteiger partial charge in [0.05, 0.1) is 16.8 Å². The smallest absolute Gasteiger partial charge is 0.160 e. The lowest BCUT2D eigenvalue weighted by molar-refractivity contribution is 0.669. The van der Waals surface area contributed by atoms with E-state index in [2.05, 4.69) is 164 Å². The number of hydrogen-bond donors (Lipinski definition) is 0. The molecule has 0 unspecified atom stereocenters. The van der Waals surface area contributed by atoms with E-state index in [1.165, 1.54) is 43.2 Å². The van der Waals surface area contributed by atoms with Crippen LogP contribution in [0.5, 0.6) is 0 Å². The molecule has 3 nitrogen and oxygen atoms in total. The van der Waals surface area contributed by atoms with Gasteiger partial charge in [-0.15, -0.1) is 0 Å². The molecular formula is C53H32N2OS. The molecule has 2 aromatic heterocycles. The van der Waals surface area contributed by atoms with Crippen molar-refractivity contribution in [3.05, 3.63) is 216 Å². The number of furan rings is 1. The van der Waals surface area contributed by atoms with Crippen molar-refractivity contribution in [2.45, 2.75) is 15.2 Å². The van der Waals surface area contributed by atoms with Gasteiger partial charge in [-0.25, -0.2) is 9.97 Å². The molecule has 266 valence electrons. The van der Waals surface area contributed by atoms with Crippen molar-refractivity contribution in [2.24, 2.45) is 0 Å². The third kappa shape index (κ3) is 4.81. The van der Waals surface area contributed by atoms with Crippen LogP contribution >= 0.6 is 11.8 Å². The third-order valence-electron chi connectivity index (χ3n) is 11.8. The summed E-state index contributed by atoms with van der Waals surface area (Å²) in [7, 11) is 0. The third-order valence-corrected chi connectivity index (χ3v) is 12.9. The van der Waals surface area contributed by atoms with Crippen LogP contribution < -0.4 is 0 Å². The molecule has 4 heteroatoms. The Hall–Kier alpha value is -7.01. The van der Waals surface area contributed by atoms with Gasteiger partial charge in [0.15, 0.2) is 5.82 Å². The standard InChI is InChI=1S/C53H32N2OS/c1-2-14-33(15-3-1)52-54-46(35-26-28-41-40-20-8-12-24-48(40)56-49(41)31-35)32-47(55-52)39-19-5-4-16-36(39)34-27-29-51-45(30-34)53(44-23-11-13-25-50(44)57-51)42-21-9-6-17-37(42)38-18-7-10-22-43(38)53/h1-32H. The molecule has 12 rings (SSSR count). The van der Waals surface area contributed by atoms with Gasteiger partial charge in [0, 0.05) is 37.3 Å². The largest absolute Gasteiger partial charge is 0.456 e. The molecule has 1 aliphatic carbocycles. The van der Waals surface area contributed by atoms with Crippen LogP contribution in [0.1, 0.15) is 22.3 Å². The lowest BCUT2D eigenvalue weighted by atomic mass is 9.67. The monoisotopic (exact) mass is 744 g/mol. The fraction of sp³-hybridized carbons (Fsp3) is 0.0189. The lowest BCUT2D eigenvalue weighted by Crippen LogP contribution is -2.32. The first-order valence-corrected chi connectivity index (χ1v) is 20.1. The summed E-state index contributed by atoms with van der Waals surface area (Å²) in [6, 6.07) is 69.6. The minimum absolute atomic E-state index is 0.451. The summed E-state index contributed by atoms with van der Waals surface area (Å²) in [5.41, 5.74) is 16.1. The van der Waals surface area contributed by atoms with Crippen LogP contribution in [0.4, 0.5) is 0 Å². The highest BCUT2D eigenvalue weighted by Crippen LogP contribution is 2.62. The number of nitrogens with zero attached hydrogens (tertiary/aromatic N) is 2. The van der Waals surface area contributed by atoms with Gasteiger partial charge in [-0.3, -0.25) is 0 Å². The van der Waals surface area contributed by atoms with Gasteiger partial charge in [-0.2, -0.15) is 0 Å². The van der Waals surface area contributed by atoms with Gasteiger partial charge in [0.1, 0.15) is 11.2 Å². The number of aromatic nitrogens is 2. The topological polar surface area (TPSA) is 38.9 Å². The number of rotatable bonds is 4. The van der Waals surface area contributed by atoms with Gasteiger partial charge in [0.25, 0.3) is 0 Å². The Morgan fingerprint density at radius 1 is 0.368 bits per heavy atom. The Bertz CT molecular complexity index is 3190. The molecule has 0 N–H and O–H groups in total. The summed E-state index contributed by atoms with van der Waals surface area (Å²) >= 11 is 1.87. The Kier molecular flexibility index (Phi) is 7.08. The van der Waals surface area contributed by atoms with E-state index in [1.807, 2.05) is 42.1 Å². The molecule has 0 fully saturated rings. The zero-order valence-corrected chi connectivity index (χ0v) is 31.5. The molecule has 0 radical (unpaired) electrons. The van der Waals surface area contributed by atoms with Gasteiger partial charge in [-0.05, 0) is 87.0 Å². The van der Waals surface area contributed by atoms with Gasteiger partial charge in [0.2, 0.25) is 0 Å². The van der Waals surface area contributed by atoms with Crippen molar-refractivity contribution in [1.29, 1.82) is 0 Å². The second-order valence-electron chi connectivity index (χ2n) is 14.8. The summed E-state index contributed by atoms with van der Waals surface area (Å²) in [6.07, 6.45) is 0. The SMILES string of the molecule is c1ccc(-c2nc(-c3ccc4c(c3)oc3ccccc34)cc(-c3ccccc3-c3ccc4c(c3)C3(c5ccccc5S4)c4ccccc4-c4ccccc43)n2)cc1. The normalized spacial score (nSPS) is 13.3. The summed E-state index contributed by atoms with van der Waals surface area (Å²) in [6.45, 7) is 0. The summed E-state index contributed by atoms with van der Waals surface area (Å²) < 4.78 is 6.33. The van der Waals surface area contributed by atoms with E-state index in [0.717, 1.165) is 61.1 Å². The van der Waals surface area contributed by atoms with Crippen LogP contribution in [0.25, 0.3) is 78.1 Å². The fourth-order valence-electron chi connectivity index (χ4n) is 9.32. The molecule has 1 aliphatic heterocycles. The van der Waals surface area contributed by atoms with Crippen LogP contribution in [-0.2, 0) is 5.41 Å². The first-order valence-electron chi connectivity index (χ1n) is 19.3. The molecule has 10 aromatic rings. The summed E-state index contributed by atoms with van der Waals surface area (Å²) in [5, 5.41) is 2.20.